The number of rotatable bonds is 3. The van der Waals surface area contributed by atoms with E-state index in [2.05, 4.69) is 9.97 Å². The predicted octanol–water partition coefficient (Wildman–Crippen LogP) is 5.03. The lowest BCUT2D eigenvalue weighted by atomic mass is 9.89. The van der Waals surface area contributed by atoms with Crippen molar-refractivity contribution in [2.24, 2.45) is 0 Å². The number of anilines is 1. The largest absolute Gasteiger partial charge is 0.444 e. The number of carbonyl (C=O) groups excluding carboxylic acids is 1. The molecule has 3 heterocycles. The number of nitrogens with zero attached hydrogens (tertiary/aromatic N) is 4. The van der Waals surface area contributed by atoms with Crippen LogP contribution in [0, 0.1) is 5.82 Å². The summed E-state index contributed by atoms with van der Waals surface area (Å²) in [6, 6.07) is 6.02. The van der Waals surface area contributed by atoms with Crippen LogP contribution >= 0.6 is 0 Å². The summed E-state index contributed by atoms with van der Waals surface area (Å²) in [7, 11) is 0. The summed E-state index contributed by atoms with van der Waals surface area (Å²) in [5.74, 6) is -1.56. The van der Waals surface area contributed by atoms with Gasteiger partial charge in [-0.1, -0.05) is 12.1 Å². The summed E-state index contributed by atoms with van der Waals surface area (Å²) >= 11 is 0. The van der Waals surface area contributed by atoms with Crippen molar-refractivity contribution in [3.63, 3.8) is 0 Å². The van der Waals surface area contributed by atoms with E-state index < -0.39 is 40.9 Å². The minimum absolute atomic E-state index is 0.175. The van der Waals surface area contributed by atoms with Crippen molar-refractivity contribution >= 4 is 12.0 Å². The lowest BCUT2D eigenvalue weighted by molar-refractivity contribution is -0.141. The first-order valence-electron chi connectivity index (χ1n) is 11.6. The maximum absolute atomic E-state index is 14.0. The number of hydrogen-bond donors (Lipinski definition) is 0. The van der Waals surface area contributed by atoms with E-state index in [-0.39, 0.29) is 11.7 Å². The monoisotopic (exact) mass is 512 g/mol. The molecule has 8 nitrogen and oxygen atoms in total. The van der Waals surface area contributed by atoms with Crippen LogP contribution in [0.2, 0.25) is 0 Å². The van der Waals surface area contributed by atoms with Gasteiger partial charge in [0.15, 0.2) is 17.3 Å². The average Bonchev–Trinajstić information content (AvgIpc) is 2.79. The van der Waals surface area contributed by atoms with E-state index in [9.17, 15) is 22.4 Å². The van der Waals surface area contributed by atoms with Gasteiger partial charge in [-0.25, -0.2) is 14.2 Å². The van der Waals surface area contributed by atoms with Crippen LogP contribution in [-0.2, 0) is 15.7 Å². The van der Waals surface area contributed by atoms with Gasteiger partial charge in [-0.05, 0) is 45.7 Å². The van der Waals surface area contributed by atoms with Gasteiger partial charge in [0.25, 0.3) is 0 Å². The third kappa shape index (κ3) is 6.15. The van der Waals surface area contributed by atoms with Crippen LogP contribution in [0.3, 0.4) is 0 Å². The Balaban J connectivity index is 1.50. The average molecular weight is 513 g/mol. The second kappa shape index (κ2) is 9.72. The number of aromatic nitrogens is 2. The molecule has 2 aliphatic rings. The quantitative estimate of drug-likeness (QED) is 0.534. The Labute approximate surface area is 206 Å². The van der Waals surface area contributed by atoms with E-state index >= 15 is 0 Å². The molecular formula is C24H28F4N4O4. The van der Waals surface area contributed by atoms with E-state index in [0.29, 0.717) is 51.7 Å². The van der Waals surface area contributed by atoms with Gasteiger partial charge in [-0.15, -0.1) is 0 Å². The van der Waals surface area contributed by atoms with E-state index in [0.717, 1.165) is 6.07 Å². The number of morpholine rings is 1. The number of benzene rings is 1. The SMILES string of the molecule is CC(C)(C)OC(=O)N1CCOC2(CCN(c3nc(Oc4ccccc4F)cc(C(F)(F)F)n3)CC2)C1. The summed E-state index contributed by atoms with van der Waals surface area (Å²) in [6.07, 6.45) is -4.29. The zero-order valence-electron chi connectivity index (χ0n) is 20.3. The van der Waals surface area contributed by atoms with Crippen molar-refractivity contribution in [3.8, 4) is 11.6 Å². The van der Waals surface area contributed by atoms with Gasteiger partial charge in [-0.2, -0.15) is 18.2 Å². The number of ether oxygens (including phenoxy) is 3. The number of carbonyl (C=O) groups is 1. The standard InChI is InChI=1S/C24H28F4N4O4/c1-22(2,3)36-21(33)32-12-13-34-23(15-32)8-10-31(11-9-23)20-29-18(24(26,27)28)14-19(30-20)35-17-7-5-4-6-16(17)25/h4-7,14H,8-13,15H2,1-3H3. The molecule has 0 N–H and O–H groups in total. The molecule has 2 aromatic rings. The molecule has 2 aliphatic heterocycles. The summed E-state index contributed by atoms with van der Waals surface area (Å²) in [5.41, 5.74) is -2.46. The first-order valence-corrected chi connectivity index (χ1v) is 11.6. The molecule has 1 spiro atoms. The second-order valence-electron chi connectivity index (χ2n) is 9.84. The number of hydrogen-bond acceptors (Lipinski definition) is 7. The van der Waals surface area contributed by atoms with Crippen molar-refractivity contribution in [3.05, 3.63) is 41.8 Å². The van der Waals surface area contributed by atoms with Crippen molar-refractivity contribution in [2.75, 3.05) is 37.7 Å². The maximum Gasteiger partial charge on any atom is 0.433 e. The van der Waals surface area contributed by atoms with Gasteiger partial charge < -0.3 is 24.0 Å². The third-order valence-corrected chi connectivity index (χ3v) is 5.89. The molecule has 1 amide bonds. The highest BCUT2D eigenvalue weighted by atomic mass is 19.4. The smallest absolute Gasteiger partial charge is 0.433 e. The van der Waals surface area contributed by atoms with E-state index in [4.69, 9.17) is 14.2 Å². The number of para-hydroxylation sites is 1. The van der Waals surface area contributed by atoms with Crippen LogP contribution in [0.5, 0.6) is 11.6 Å². The lowest BCUT2D eigenvalue weighted by Gasteiger charge is -2.47. The van der Waals surface area contributed by atoms with E-state index in [1.54, 1.807) is 30.6 Å². The highest BCUT2D eigenvalue weighted by Crippen LogP contribution is 2.36. The normalized spacial score (nSPS) is 18.3. The minimum Gasteiger partial charge on any atom is -0.444 e. The van der Waals surface area contributed by atoms with Gasteiger partial charge in [0.2, 0.25) is 11.8 Å². The van der Waals surface area contributed by atoms with Crippen LogP contribution in [0.1, 0.15) is 39.3 Å². The van der Waals surface area contributed by atoms with Crippen LogP contribution in [0.25, 0.3) is 0 Å². The van der Waals surface area contributed by atoms with Crippen molar-refractivity contribution in [1.29, 1.82) is 0 Å². The molecule has 4 rings (SSSR count). The Morgan fingerprint density at radius 2 is 1.78 bits per heavy atom. The highest BCUT2D eigenvalue weighted by Gasteiger charge is 2.43. The van der Waals surface area contributed by atoms with E-state index in [1.165, 1.54) is 18.2 Å². The van der Waals surface area contributed by atoms with Crippen molar-refractivity contribution < 1.29 is 36.6 Å². The molecule has 2 saturated heterocycles. The maximum atomic E-state index is 14.0. The Morgan fingerprint density at radius 3 is 2.42 bits per heavy atom. The molecule has 0 unspecified atom stereocenters. The highest BCUT2D eigenvalue weighted by molar-refractivity contribution is 5.68. The molecular weight excluding hydrogens is 484 g/mol. The number of halogens is 4. The molecule has 0 saturated carbocycles. The molecule has 0 bridgehead atoms. The second-order valence-corrected chi connectivity index (χ2v) is 9.84. The summed E-state index contributed by atoms with van der Waals surface area (Å²) in [6.45, 7) is 7.01. The van der Waals surface area contributed by atoms with Crippen LogP contribution in [-0.4, -0.2) is 64.9 Å². The van der Waals surface area contributed by atoms with E-state index in [1.807, 2.05) is 0 Å². The molecule has 0 atom stereocenters. The number of alkyl halides is 3. The fraction of sp³-hybridized carbons (Fsp3) is 0.542. The first-order chi connectivity index (χ1) is 16.8. The molecule has 36 heavy (non-hydrogen) atoms. The van der Waals surface area contributed by atoms with Gasteiger partial charge in [-0.3, -0.25) is 0 Å². The van der Waals surface area contributed by atoms with Crippen molar-refractivity contribution in [2.45, 2.75) is 51.0 Å². The molecule has 1 aromatic carbocycles. The summed E-state index contributed by atoms with van der Waals surface area (Å²) in [5, 5.41) is 0. The van der Waals surface area contributed by atoms with Crippen LogP contribution in [0.15, 0.2) is 30.3 Å². The van der Waals surface area contributed by atoms with Crippen LogP contribution < -0.4 is 9.64 Å². The molecule has 0 aliphatic carbocycles. The topological polar surface area (TPSA) is 77.0 Å². The third-order valence-electron chi connectivity index (χ3n) is 5.89. The lowest BCUT2D eigenvalue weighted by Crippen LogP contribution is -2.58. The zero-order valence-corrected chi connectivity index (χ0v) is 20.3. The Hall–Kier alpha value is -3.15. The summed E-state index contributed by atoms with van der Waals surface area (Å²) < 4.78 is 71.5. The molecule has 2 fully saturated rings. The minimum atomic E-state index is -4.75. The Morgan fingerprint density at radius 1 is 1.08 bits per heavy atom. The molecule has 196 valence electrons. The van der Waals surface area contributed by atoms with Gasteiger partial charge in [0.1, 0.15) is 5.60 Å². The van der Waals surface area contributed by atoms with Gasteiger partial charge in [0, 0.05) is 25.7 Å². The Kier molecular flexibility index (Phi) is 7.00. The molecule has 1 aromatic heterocycles. The fourth-order valence-corrected chi connectivity index (χ4v) is 4.14. The van der Waals surface area contributed by atoms with Gasteiger partial charge in [0.05, 0.1) is 18.8 Å². The molecule has 12 heteroatoms. The first kappa shape index (κ1) is 25.9. The van der Waals surface area contributed by atoms with Crippen molar-refractivity contribution in [1.82, 2.24) is 14.9 Å². The molecule has 0 radical (unpaired) electrons. The number of piperidine rings is 1. The predicted molar refractivity (Wildman–Crippen MR) is 121 cm³/mol. The Bertz CT molecular complexity index is 1100. The zero-order chi connectivity index (χ0) is 26.1. The van der Waals surface area contributed by atoms with Crippen LogP contribution in [0.4, 0.5) is 28.3 Å². The number of amides is 1. The van der Waals surface area contributed by atoms with Gasteiger partial charge >= 0.3 is 12.3 Å². The summed E-state index contributed by atoms with van der Waals surface area (Å²) in [4.78, 5) is 23.6. The fourth-order valence-electron chi connectivity index (χ4n) is 4.14.